The predicted octanol–water partition coefficient (Wildman–Crippen LogP) is 3.33. The van der Waals surface area contributed by atoms with Crippen LogP contribution in [0, 0.1) is 0 Å². The smallest absolute Gasteiger partial charge is 0.417 e. The summed E-state index contributed by atoms with van der Waals surface area (Å²) in [6.45, 7) is 0.129. The fraction of sp³-hybridized carbons (Fsp3) is 0.316. The van der Waals surface area contributed by atoms with E-state index in [0.29, 0.717) is 25.4 Å². The van der Waals surface area contributed by atoms with Crippen LogP contribution in [0.3, 0.4) is 0 Å². The zero-order chi connectivity index (χ0) is 23.5. The van der Waals surface area contributed by atoms with Gasteiger partial charge in [-0.15, -0.1) is 0 Å². The molecule has 8 nitrogen and oxygen atoms in total. The number of esters is 1. The molecule has 0 unspecified atom stereocenters. The van der Waals surface area contributed by atoms with E-state index in [0.717, 1.165) is 12.8 Å². The van der Waals surface area contributed by atoms with E-state index in [-0.39, 0.29) is 16.3 Å². The number of nitrogens with one attached hydrogen (secondary N) is 1. The lowest BCUT2D eigenvalue weighted by atomic mass is 10.2. The van der Waals surface area contributed by atoms with E-state index in [9.17, 15) is 31.2 Å². The Morgan fingerprint density at radius 3 is 2.34 bits per heavy atom. The van der Waals surface area contributed by atoms with Gasteiger partial charge in [0.25, 0.3) is 5.91 Å². The topological polar surface area (TPSA) is 106 Å². The molecule has 0 radical (unpaired) electrons. The number of aromatic nitrogens is 1. The maximum atomic E-state index is 12.6. The quantitative estimate of drug-likeness (QED) is 0.621. The first kappa shape index (κ1) is 24.0. The van der Waals surface area contributed by atoms with Crippen LogP contribution in [0.25, 0.3) is 0 Å². The van der Waals surface area contributed by atoms with Gasteiger partial charge in [0.1, 0.15) is 0 Å². The third-order valence-corrected chi connectivity index (χ3v) is 6.75. The fourth-order valence-corrected chi connectivity index (χ4v) is 4.64. The van der Waals surface area contributed by atoms with Crippen molar-refractivity contribution in [2.45, 2.75) is 23.9 Å². The Labute approximate surface area is 186 Å². The molecule has 1 aromatic carbocycles. The number of carbonyl (C=O) groups excluding carboxylic acids is 2. The molecule has 0 saturated carbocycles. The molecule has 32 heavy (non-hydrogen) atoms. The van der Waals surface area contributed by atoms with Gasteiger partial charge < -0.3 is 10.1 Å². The van der Waals surface area contributed by atoms with Gasteiger partial charge in [0.05, 0.1) is 21.0 Å². The molecule has 13 heteroatoms. The normalized spacial score (nSPS) is 14.9. The number of sulfonamides is 1. The first-order chi connectivity index (χ1) is 15.0. The SMILES string of the molecule is O=C(COC(=O)c1ccc(S(=O)(=O)N2CCCC2)cc1)Nc1ncc(C(F)(F)F)cc1Cl. The Balaban J connectivity index is 1.57. The summed E-state index contributed by atoms with van der Waals surface area (Å²) in [6.07, 6.45) is -2.55. The number of benzene rings is 1. The highest BCUT2D eigenvalue weighted by Crippen LogP contribution is 2.32. The number of hydrogen-bond donors (Lipinski definition) is 1. The molecule has 1 fully saturated rings. The predicted molar refractivity (Wildman–Crippen MR) is 108 cm³/mol. The van der Waals surface area contributed by atoms with E-state index in [1.54, 1.807) is 0 Å². The number of halogens is 4. The van der Waals surface area contributed by atoms with Crippen LogP contribution >= 0.6 is 11.6 Å². The van der Waals surface area contributed by atoms with Crippen molar-refractivity contribution in [2.75, 3.05) is 25.0 Å². The van der Waals surface area contributed by atoms with Gasteiger partial charge >= 0.3 is 12.1 Å². The summed E-state index contributed by atoms with van der Waals surface area (Å²) in [5, 5.41) is 1.71. The Kier molecular flexibility index (Phi) is 7.06. The summed E-state index contributed by atoms with van der Waals surface area (Å²) >= 11 is 5.70. The monoisotopic (exact) mass is 491 g/mol. The molecule has 1 N–H and O–H groups in total. The van der Waals surface area contributed by atoms with Crippen LogP contribution in [0.2, 0.25) is 5.02 Å². The van der Waals surface area contributed by atoms with Gasteiger partial charge in [0.15, 0.2) is 12.4 Å². The summed E-state index contributed by atoms with van der Waals surface area (Å²) < 4.78 is 69.0. The summed E-state index contributed by atoms with van der Waals surface area (Å²) in [7, 11) is -3.63. The number of ether oxygens (including phenoxy) is 1. The van der Waals surface area contributed by atoms with Gasteiger partial charge in [0.2, 0.25) is 10.0 Å². The second-order valence-corrected chi connectivity index (χ2v) is 9.16. The highest BCUT2D eigenvalue weighted by atomic mass is 35.5. The second-order valence-electron chi connectivity index (χ2n) is 6.81. The van der Waals surface area contributed by atoms with Crippen LogP contribution < -0.4 is 5.32 Å². The van der Waals surface area contributed by atoms with Gasteiger partial charge in [-0.05, 0) is 43.2 Å². The second kappa shape index (κ2) is 9.43. The molecule has 172 valence electrons. The molecule has 0 atom stereocenters. The average molecular weight is 492 g/mol. The molecule has 0 aliphatic carbocycles. The molecule has 1 saturated heterocycles. The van der Waals surface area contributed by atoms with Crippen molar-refractivity contribution in [3.8, 4) is 0 Å². The van der Waals surface area contributed by atoms with Crippen molar-refractivity contribution in [1.29, 1.82) is 0 Å². The molecular formula is C19H17ClF3N3O5S. The van der Waals surface area contributed by atoms with Crippen molar-refractivity contribution in [3.05, 3.63) is 52.7 Å². The number of carbonyl (C=O) groups is 2. The highest BCUT2D eigenvalue weighted by molar-refractivity contribution is 7.89. The van der Waals surface area contributed by atoms with Crippen molar-refractivity contribution in [2.24, 2.45) is 0 Å². The fourth-order valence-electron chi connectivity index (χ4n) is 2.91. The zero-order valence-electron chi connectivity index (χ0n) is 16.4. The van der Waals surface area contributed by atoms with Gasteiger partial charge in [-0.1, -0.05) is 11.6 Å². The van der Waals surface area contributed by atoms with E-state index in [4.69, 9.17) is 16.3 Å². The number of nitrogens with zero attached hydrogens (tertiary/aromatic N) is 2. The Hall–Kier alpha value is -2.70. The minimum atomic E-state index is -4.64. The summed E-state index contributed by atoms with van der Waals surface area (Å²) in [5.41, 5.74) is -1.06. The molecule has 0 bridgehead atoms. The third-order valence-electron chi connectivity index (χ3n) is 4.55. The number of hydrogen-bond acceptors (Lipinski definition) is 6. The van der Waals surface area contributed by atoms with Gasteiger partial charge in [0, 0.05) is 19.3 Å². The lowest BCUT2D eigenvalue weighted by molar-refractivity contribution is -0.137. The van der Waals surface area contributed by atoms with Gasteiger partial charge in [-0.2, -0.15) is 17.5 Å². The van der Waals surface area contributed by atoms with Crippen molar-refractivity contribution >= 4 is 39.3 Å². The van der Waals surface area contributed by atoms with E-state index in [1.807, 2.05) is 0 Å². The number of alkyl halides is 3. The minimum Gasteiger partial charge on any atom is -0.452 e. The molecule has 2 heterocycles. The zero-order valence-corrected chi connectivity index (χ0v) is 17.9. The summed E-state index contributed by atoms with van der Waals surface area (Å²) in [5.74, 6) is -2.09. The van der Waals surface area contributed by atoms with Gasteiger partial charge in [-0.25, -0.2) is 18.2 Å². The number of anilines is 1. The Morgan fingerprint density at radius 1 is 1.16 bits per heavy atom. The summed E-state index contributed by atoms with van der Waals surface area (Å²) in [6, 6.07) is 5.68. The van der Waals surface area contributed by atoms with E-state index in [2.05, 4.69) is 10.3 Å². The number of pyridine rings is 1. The van der Waals surface area contributed by atoms with Crippen molar-refractivity contribution < 1.29 is 35.9 Å². The van der Waals surface area contributed by atoms with Crippen LogP contribution in [-0.4, -0.2) is 49.3 Å². The standard InChI is InChI=1S/C19H17ClF3N3O5S/c20-15-9-13(19(21,22)23)10-24-17(15)25-16(27)11-31-18(28)12-3-5-14(6-4-12)32(29,30)26-7-1-2-8-26/h3-6,9-10H,1-2,7-8,11H2,(H,24,25,27). The molecule has 3 rings (SSSR count). The Bertz CT molecular complexity index is 1120. The summed E-state index contributed by atoms with van der Waals surface area (Å²) in [4.78, 5) is 27.5. The van der Waals surface area contributed by atoms with Crippen molar-refractivity contribution in [1.82, 2.24) is 9.29 Å². The molecular weight excluding hydrogens is 475 g/mol. The van der Waals surface area contributed by atoms with E-state index < -0.39 is 45.3 Å². The number of amides is 1. The van der Waals surface area contributed by atoms with Gasteiger partial charge in [-0.3, -0.25) is 4.79 Å². The first-order valence-electron chi connectivity index (χ1n) is 9.28. The van der Waals surface area contributed by atoms with Crippen molar-refractivity contribution in [3.63, 3.8) is 0 Å². The maximum absolute atomic E-state index is 12.6. The third kappa shape index (κ3) is 5.56. The molecule has 1 aliphatic heterocycles. The minimum absolute atomic E-state index is 0.0175. The van der Waals surface area contributed by atoms with E-state index >= 15 is 0 Å². The molecule has 1 aromatic heterocycles. The molecule has 2 aromatic rings. The average Bonchev–Trinajstić information content (AvgIpc) is 3.28. The van der Waals surface area contributed by atoms with E-state index in [1.165, 1.54) is 28.6 Å². The number of rotatable bonds is 6. The Morgan fingerprint density at radius 2 is 1.78 bits per heavy atom. The van der Waals surface area contributed by atoms with Crippen LogP contribution in [0.4, 0.5) is 19.0 Å². The lowest BCUT2D eigenvalue weighted by Gasteiger charge is -2.15. The van der Waals surface area contributed by atoms with Crippen LogP contribution in [0.15, 0.2) is 41.4 Å². The first-order valence-corrected chi connectivity index (χ1v) is 11.1. The molecule has 1 aliphatic rings. The van der Waals surface area contributed by atoms with Crippen LogP contribution in [0.1, 0.15) is 28.8 Å². The molecule has 0 spiro atoms. The highest BCUT2D eigenvalue weighted by Gasteiger charge is 2.32. The lowest BCUT2D eigenvalue weighted by Crippen LogP contribution is -2.27. The van der Waals surface area contributed by atoms with Crippen LogP contribution in [-0.2, 0) is 25.7 Å². The largest absolute Gasteiger partial charge is 0.452 e. The maximum Gasteiger partial charge on any atom is 0.417 e. The van der Waals surface area contributed by atoms with Crippen LogP contribution in [0.5, 0.6) is 0 Å². The molecule has 1 amide bonds.